The van der Waals surface area contributed by atoms with E-state index in [0.29, 0.717) is 38.8 Å². The highest BCUT2D eigenvalue weighted by molar-refractivity contribution is 5.77. The number of nitrogens with one attached hydrogen (secondary N) is 2. The van der Waals surface area contributed by atoms with Gasteiger partial charge in [-0.05, 0) is 25.7 Å². The molecule has 174 valence electrons. The van der Waals surface area contributed by atoms with Crippen molar-refractivity contribution in [3.05, 3.63) is 0 Å². The van der Waals surface area contributed by atoms with Crippen LogP contribution in [0.4, 0.5) is 0 Å². The third-order valence-corrected chi connectivity index (χ3v) is 4.92. The van der Waals surface area contributed by atoms with E-state index in [9.17, 15) is 19.2 Å². The summed E-state index contributed by atoms with van der Waals surface area (Å²) in [5, 5.41) is 5.66. The van der Waals surface area contributed by atoms with Gasteiger partial charge in [0.15, 0.2) is 0 Å². The molecular weight excluding hydrogens is 384 g/mol. The van der Waals surface area contributed by atoms with Gasteiger partial charge in [0.05, 0.1) is 0 Å². The number of carbonyl (C=O) groups is 4. The minimum atomic E-state index is -0.243. The van der Waals surface area contributed by atoms with Crippen LogP contribution in [0.1, 0.15) is 103 Å². The standard InChI is InChI=1S/C22H42N4O4/c23-19(27)13-9-5-1-3-7-11-15-21(29)25-17-18-26-22(30)16-12-8-4-2-6-10-14-20(24)28/h1-18H2,(H2,23,27)(H2,24,28)(H,25,29)(H,26,30). The summed E-state index contributed by atoms with van der Waals surface area (Å²) in [5.41, 5.74) is 10.2. The number of nitrogens with two attached hydrogens (primary N) is 2. The third-order valence-electron chi connectivity index (χ3n) is 4.92. The van der Waals surface area contributed by atoms with E-state index in [1.165, 1.54) is 0 Å². The minimum Gasteiger partial charge on any atom is -0.370 e. The molecule has 0 aromatic carbocycles. The maximum Gasteiger partial charge on any atom is 0.220 e. The lowest BCUT2D eigenvalue weighted by atomic mass is 10.1. The van der Waals surface area contributed by atoms with Crippen molar-refractivity contribution < 1.29 is 19.2 Å². The van der Waals surface area contributed by atoms with Crippen LogP contribution < -0.4 is 22.1 Å². The van der Waals surface area contributed by atoms with E-state index in [4.69, 9.17) is 11.5 Å². The number of rotatable bonds is 21. The lowest BCUT2D eigenvalue weighted by Crippen LogP contribution is -2.34. The third kappa shape index (κ3) is 22.2. The van der Waals surface area contributed by atoms with Gasteiger partial charge in [0.25, 0.3) is 0 Å². The van der Waals surface area contributed by atoms with E-state index in [0.717, 1.165) is 77.0 Å². The van der Waals surface area contributed by atoms with Crippen LogP contribution in [0.15, 0.2) is 0 Å². The summed E-state index contributed by atoms with van der Waals surface area (Å²) in [7, 11) is 0. The van der Waals surface area contributed by atoms with Crippen molar-refractivity contribution in [2.45, 2.75) is 103 Å². The van der Waals surface area contributed by atoms with Crippen molar-refractivity contribution in [2.75, 3.05) is 13.1 Å². The van der Waals surface area contributed by atoms with Crippen molar-refractivity contribution >= 4 is 23.6 Å². The van der Waals surface area contributed by atoms with Gasteiger partial charge >= 0.3 is 0 Å². The Morgan fingerprint density at radius 2 is 0.700 bits per heavy atom. The van der Waals surface area contributed by atoms with Gasteiger partial charge in [-0.2, -0.15) is 0 Å². The molecule has 0 unspecified atom stereocenters. The quantitative estimate of drug-likeness (QED) is 0.209. The van der Waals surface area contributed by atoms with Crippen molar-refractivity contribution in [3.63, 3.8) is 0 Å². The smallest absolute Gasteiger partial charge is 0.220 e. The molecule has 30 heavy (non-hydrogen) atoms. The number of amides is 4. The molecule has 0 bridgehead atoms. The van der Waals surface area contributed by atoms with Crippen molar-refractivity contribution in [1.29, 1.82) is 0 Å². The Balaban J connectivity index is 3.35. The van der Waals surface area contributed by atoms with Crippen molar-refractivity contribution in [3.8, 4) is 0 Å². The first-order valence-electron chi connectivity index (χ1n) is 11.5. The second-order valence-electron chi connectivity index (χ2n) is 7.88. The largest absolute Gasteiger partial charge is 0.370 e. The molecule has 0 aliphatic rings. The van der Waals surface area contributed by atoms with Crippen LogP contribution in [0.2, 0.25) is 0 Å². The van der Waals surface area contributed by atoms with Gasteiger partial charge in [-0.25, -0.2) is 0 Å². The second kappa shape index (κ2) is 20.2. The summed E-state index contributed by atoms with van der Waals surface area (Å²) in [5.74, 6) is -0.440. The zero-order chi connectivity index (χ0) is 22.5. The van der Waals surface area contributed by atoms with Gasteiger partial charge in [0.2, 0.25) is 23.6 Å². The highest BCUT2D eigenvalue weighted by Gasteiger charge is 2.03. The van der Waals surface area contributed by atoms with Crippen LogP contribution in [-0.2, 0) is 19.2 Å². The van der Waals surface area contributed by atoms with Crippen LogP contribution in [0.25, 0.3) is 0 Å². The molecule has 4 amide bonds. The molecule has 0 atom stereocenters. The molecule has 0 aromatic rings. The molecule has 6 N–H and O–H groups in total. The average Bonchev–Trinajstić information content (AvgIpc) is 2.68. The maximum absolute atomic E-state index is 11.8. The molecule has 0 rings (SSSR count). The molecule has 8 heteroatoms. The molecule has 0 saturated heterocycles. The first-order valence-corrected chi connectivity index (χ1v) is 11.5. The van der Waals surface area contributed by atoms with Crippen LogP contribution in [0, 0.1) is 0 Å². The fraction of sp³-hybridized carbons (Fsp3) is 0.818. The molecule has 8 nitrogen and oxygen atoms in total. The van der Waals surface area contributed by atoms with Gasteiger partial charge in [-0.1, -0.05) is 51.4 Å². The zero-order valence-corrected chi connectivity index (χ0v) is 18.5. The summed E-state index contributed by atoms with van der Waals surface area (Å²) in [6.07, 6.45) is 13.6. The Hall–Kier alpha value is -2.12. The molecule has 0 heterocycles. The van der Waals surface area contributed by atoms with Crippen LogP contribution >= 0.6 is 0 Å². The van der Waals surface area contributed by atoms with E-state index in [1.54, 1.807) is 0 Å². The summed E-state index contributed by atoms with van der Waals surface area (Å²) in [4.78, 5) is 44.7. The fourth-order valence-electron chi connectivity index (χ4n) is 3.16. The van der Waals surface area contributed by atoms with E-state index >= 15 is 0 Å². The SMILES string of the molecule is NC(=O)CCCCCCCCC(=O)NCCNC(=O)CCCCCCCCC(N)=O. The van der Waals surface area contributed by atoms with Gasteiger partial charge in [0.1, 0.15) is 0 Å². The summed E-state index contributed by atoms with van der Waals surface area (Å²) < 4.78 is 0. The highest BCUT2D eigenvalue weighted by Crippen LogP contribution is 2.09. The first-order chi connectivity index (χ1) is 14.4. The Labute approximate surface area is 181 Å². The Bertz CT molecular complexity index is 454. The van der Waals surface area contributed by atoms with Crippen LogP contribution in [-0.4, -0.2) is 36.7 Å². The van der Waals surface area contributed by atoms with E-state index in [-0.39, 0.29) is 23.6 Å². The number of hydrogen-bond acceptors (Lipinski definition) is 4. The molecular formula is C22H42N4O4. The van der Waals surface area contributed by atoms with Crippen LogP contribution in [0.3, 0.4) is 0 Å². The molecule has 0 fully saturated rings. The van der Waals surface area contributed by atoms with Crippen molar-refractivity contribution in [1.82, 2.24) is 10.6 Å². The second-order valence-corrected chi connectivity index (χ2v) is 7.88. The van der Waals surface area contributed by atoms with E-state index < -0.39 is 0 Å². The lowest BCUT2D eigenvalue weighted by Gasteiger charge is -2.07. The normalized spacial score (nSPS) is 10.5. The first kappa shape index (κ1) is 27.9. The van der Waals surface area contributed by atoms with Gasteiger partial charge in [-0.3, -0.25) is 19.2 Å². The number of primary amides is 2. The fourth-order valence-corrected chi connectivity index (χ4v) is 3.16. The molecule has 0 radical (unpaired) electrons. The monoisotopic (exact) mass is 426 g/mol. The summed E-state index contributed by atoms with van der Waals surface area (Å²) >= 11 is 0. The molecule has 0 spiro atoms. The molecule has 0 aromatic heterocycles. The van der Waals surface area contributed by atoms with Gasteiger partial charge in [0, 0.05) is 38.8 Å². The van der Waals surface area contributed by atoms with Gasteiger partial charge < -0.3 is 22.1 Å². The van der Waals surface area contributed by atoms with Crippen LogP contribution in [0.5, 0.6) is 0 Å². The number of unbranched alkanes of at least 4 members (excludes halogenated alkanes) is 10. The molecule has 0 aliphatic heterocycles. The van der Waals surface area contributed by atoms with E-state index in [1.807, 2.05) is 0 Å². The summed E-state index contributed by atoms with van der Waals surface area (Å²) in [6.45, 7) is 0.912. The number of hydrogen-bond donors (Lipinski definition) is 4. The highest BCUT2D eigenvalue weighted by atomic mass is 16.2. The Morgan fingerprint density at radius 1 is 0.433 bits per heavy atom. The predicted octanol–water partition coefficient (Wildman–Crippen LogP) is 2.43. The van der Waals surface area contributed by atoms with Crippen molar-refractivity contribution in [2.24, 2.45) is 11.5 Å². The predicted molar refractivity (Wildman–Crippen MR) is 118 cm³/mol. The topological polar surface area (TPSA) is 144 Å². The number of carbonyl (C=O) groups excluding carboxylic acids is 4. The molecule has 0 saturated carbocycles. The lowest BCUT2D eigenvalue weighted by molar-refractivity contribution is -0.123. The zero-order valence-electron chi connectivity index (χ0n) is 18.5. The average molecular weight is 427 g/mol. The van der Waals surface area contributed by atoms with Gasteiger partial charge in [-0.15, -0.1) is 0 Å². The van der Waals surface area contributed by atoms with E-state index in [2.05, 4.69) is 10.6 Å². The Kier molecular flexibility index (Phi) is 18.7. The minimum absolute atomic E-state index is 0.0225. The molecule has 0 aliphatic carbocycles. The maximum atomic E-state index is 11.8. The Morgan fingerprint density at radius 3 is 1.00 bits per heavy atom. The summed E-state index contributed by atoms with van der Waals surface area (Å²) in [6, 6.07) is 0.